The van der Waals surface area contributed by atoms with Crippen molar-refractivity contribution in [2.24, 2.45) is 0 Å². The van der Waals surface area contributed by atoms with Gasteiger partial charge in [0.1, 0.15) is 17.3 Å². The van der Waals surface area contributed by atoms with Crippen LogP contribution in [-0.2, 0) is 25.8 Å². The number of ether oxygens (including phenoxy) is 1. The van der Waals surface area contributed by atoms with E-state index >= 15 is 0 Å². The van der Waals surface area contributed by atoms with Crippen LogP contribution in [0.4, 0.5) is 0 Å². The smallest absolute Gasteiger partial charge is 0.137 e. The van der Waals surface area contributed by atoms with Gasteiger partial charge in [0, 0.05) is 6.54 Å². The minimum Gasteiger partial charge on any atom is -0.495 e. The average molecular weight is 1050 g/mol. The lowest BCUT2D eigenvalue weighted by molar-refractivity contribution is 0.173. The Hall–Kier alpha value is -4.89. The monoisotopic (exact) mass is 1040 g/mol. The van der Waals surface area contributed by atoms with E-state index in [1.807, 2.05) is 89.2 Å². The van der Waals surface area contributed by atoms with E-state index in [0.29, 0.717) is 27.0 Å². The number of aliphatic hydroxyl groups excluding tert-OH is 1. The Balaban J connectivity index is 0.000000442. The molecule has 7 N–H and O–H groups in total. The molecule has 12 heteroatoms. The highest BCUT2D eigenvalue weighted by molar-refractivity contribution is 8.23. The van der Waals surface area contributed by atoms with Gasteiger partial charge in [0.2, 0.25) is 0 Å². The van der Waals surface area contributed by atoms with Gasteiger partial charge in [-0.2, -0.15) is 0 Å². The standard InChI is InChI=1S/C13H17NO3S.C11H19NO3S.3C9H12.C8H9ClO.CH4/c1-10-3-7-13(8-4-10)18(15,16)14-9-12-6-5-11(2)17-12;1-3-10(13)8-12-16(14,15)11-6-4-9(2)5-7-11;2*1-3-9-6-4-8(2)5-7-9;1-3-9-6-4-5-8(2)7-9;1-6-3-4-8(10-2)7(9)5-6;/h3-8,14-16H,9H2,1-2H3;4-7,10,12-15H,3,8H2,1-2H3;3*4-7H,3H2,1-2H3;3-5H,1-2H3;1H4. The van der Waals surface area contributed by atoms with Gasteiger partial charge in [-0.25, -0.2) is 9.44 Å². The van der Waals surface area contributed by atoms with E-state index in [1.165, 1.54) is 33.4 Å². The lowest BCUT2D eigenvalue weighted by atomic mass is 10.1. The van der Waals surface area contributed by atoms with Gasteiger partial charge in [0.05, 0.1) is 34.6 Å². The van der Waals surface area contributed by atoms with Crippen molar-refractivity contribution in [1.82, 2.24) is 9.44 Å². The zero-order chi connectivity index (χ0) is 53.0. The maximum Gasteiger partial charge on any atom is 0.137 e. The number of benzene rings is 6. The highest BCUT2D eigenvalue weighted by Gasteiger charge is 2.17. The Bertz CT molecular complexity index is 2470. The third-order valence-electron chi connectivity index (χ3n) is 10.8. The normalized spacial score (nSPS) is 11.4. The zero-order valence-electron chi connectivity index (χ0n) is 44.0. The number of halogens is 1. The summed E-state index contributed by atoms with van der Waals surface area (Å²) < 4.78 is 55.4. The molecule has 0 radical (unpaired) electrons. The van der Waals surface area contributed by atoms with Crippen molar-refractivity contribution >= 4 is 33.2 Å². The lowest BCUT2D eigenvalue weighted by Crippen LogP contribution is -2.29. The van der Waals surface area contributed by atoms with E-state index in [-0.39, 0.29) is 20.5 Å². The third kappa shape index (κ3) is 26.2. The Morgan fingerprint density at radius 2 is 0.931 bits per heavy atom. The molecule has 0 aliphatic heterocycles. The Labute approximate surface area is 442 Å². The second-order valence-corrected chi connectivity index (χ2v) is 21.2. The fourth-order valence-corrected chi connectivity index (χ4v) is 8.53. The number of hydrogen-bond acceptors (Lipinski definition) is 9. The van der Waals surface area contributed by atoms with Gasteiger partial charge in [-0.15, -0.1) is 21.6 Å². The van der Waals surface area contributed by atoms with Crippen LogP contribution in [0.3, 0.4) is 0 Å². The molecule has 0 fully saturated rings. The van der Waals surface area contributed by atoms with Crippen LogP contribution in [0.15, 0.2) is 166 Å². The number of aryl methyl sites for hydroxylation is 10. The van der Waals surface area contributed by atoms with Crippen molar-refractivity contribution in [2.75, 3.05) is 13.7 Å². The molecule has 1 aromatic heterocycles. The van der Waals surface area contributed by atoms with E-state index < -0.39 is 27.7 Å². The largest absolute Gasteiger partial charge is 0.495 e. The summed E-state index contributed by atoms with van der Waals surface area (Å²) in [7, 11) is -4.36. The summed E-state index contributed by atoms with van der Waals surface area (Å²) in [4.78, 5) is 0.929. The van der Waals surface area contributed by atoms with Crippen molar-refractivity contribution in [2.45, 2.75) is 132 Å². The topological polar surface area (TPSA) is 148 Å². The Morgan fingerprint density at radius 3 is 1.29 bits per heavy atom. The van der Waals surface area contributed by atoms with Gasteiger partial charge < -0.3 is 14.3 Å². The van der Waals surface area contributed by atoms with Gasteiger partial charge in [-0.3, -0.25) is 18.2 Å². The summed E-state index contributed by atoms with van der Waals surface area (Å²) in [5.41, 5.74) is 11.6. The molecular weight excluding hydrogens is 960 g/mol. The van der Waals surface area contributed by atoms with Crippen LogP contribution in [0.1, 0.15) is 103 Å². The van der Waals surface area contributed by atoms with E-state index in [4.69, 9.17) is 20.8 Å². The second kappa shape index (κ2) is 34.5. The summed E-state index contributed by atoms with van der Waals surface area (Å²) >= 11 is 5.80. The van der Waals surface area contributed by atoms with Gasteiger partial charge in [0.25, 0.3) is 0 Å². The van der Waals surface area contributed by atoms with E-state index in [9.17, 15) is 23.3 Å². The molecule has 6 aromatic carbocycles. The number of furan rings is 1. The van der Waals surface area contributed by atoms with Gasteiger partial charge in [-0.05, 0) is 145 Å². The van der Waals surface area contributed by atoms with Crippen molar-refractivity contribution < 1.29 is 32.5 Å². The first-order valence-electron chi connectivity index (χ1n) is 24.0. The highest BCUT2D eigenvalue weighted by Crippen LogP contribution is 2.44. The summed E-state index contributed by atoms with van der Waals surface area (Å²) in [6, 6.07) is 49.4. The molecule has 1 unspecified atom stereocenters. The third-order valence-corrected chi connectivity index (χ3v) is 14.1. The van der Waals surface area contributed by atoms with Crippen molar-refractivity contribution in [3.05, 3.63) is 218 Å². The molecule has 0 amide bonds. The molecule has 72 heavy (non-hydrogen) atoms. The first-order chi connectivity index (χ1) is 33.6. The van der Waals surface area contributed by atoms with Crippen molar-refractivity contribution in [3.8, 4) is 5.75 Å². The van der Waals surface area contributed by atoms with Crippen LogP contribution in [-0.4, -0.2) is 43.1 Å². The first kappa shape index (κ1) is 65.1. The Morgan fingerprint density at radius 1 is 0.514 bits per heavy atom. The molecule has 1 atom stereocenters. The van der Waals surface area contributed by atoms with Crippen LogP contribution in [0, 0.1) is 48.5 Å². The molecule has 0 saturated heterocycles. The van der Waals surface area contributed by atoms with Crippen molar-refractivity contribution in [3.63, 3.8) is 0 Å². The predicted molar refractivity (Wildman–Crippen MR) is 310 cm³/mol. The number of rotatable bonds is 13. The highest BCUT2D eigenvalue weighted by atomic mass is 35.5. The van der Waals surface area contributed by atoms with Crippen LogP contribution in [0.25, 0.3) is 0 Å². The van der Waals surface area contributed by atoms with E-state index in [2.05, 4.69) is 124 Å². The number of hydrogen-bond donors (Lipinski definition) is 7. The first-order valence-corrected chi connectivity index (χ1v) is 27.5. The summed E-state index contributed by atoms with van der Waals surface area (Å²) in [6.07, 6.45) is 3.44. The summed E-state index contributed by atoms with van der Waals surface area (Å²) in [6.45, 7) is 22.9. The number of aliphatic hydroxyl groups is 1. The van der Waals surface area contributed by atoms with Crippen LogP contribution >= 0.6 is 33.2 Å². The molecule has 0 aliphatic carbocycles. The lowest BCUT2D eigenvalue weighted by Gasteiger charge is -2.33. The molecule has 396 valence electrons. The van der Waals surface area contributed by atoms with Gasteiger partial charge in [-0.1, -0.05) is 178 Å². The molecule has 0 saturated carbocycles. The van der Waals surface area contributed by atoms with Crippen LogP contribution < -0.4 is 14.2 Å². The van der Waals surface area contributed by atoms with Crippen molar-refractivity contribution in [1.29, 1.82) is 0 Å². The van der Waals surface area contributed by atoms with E-state index in [0.717, 1.165) is 47.5 Å². The molecule has 9 nitrogen and oxygen atoms in total. The van der Waals surface area contributed by atoms with Gasteiger partial charge >= 0.3 is 0 Å². The predicted octanol–water partition coefficient (Wildman–Crippen LogP) is 17.1. The number of methoxy groups -OCH3 is 1. The van der Waals surface area contributed by atoms with E-state index in [1.54, 1.807) is 31.4 Å². The quantitative estimate of drug-likeness (QED) is 0.0600. The van der Waals surface area contributed by atoms with Crippen LogP contribution in [0.5, 0.6) is 5.75 Å². The van der Waals surface area contributed by atoms with Crippen LogP contribution in [0.2, 0.25) is 5.02 Å². The van der Waals surface area contributed by atoms with Gasteiger partial charge in [0.15, 0.2) is 0 Å². The zero-order valence-corrected chi connectivity index (χ0v) is 46.4. The molecule has 0 bridgehead atoms. The Kier molecular flexibility index (Phi) is 31.2. The average Bonchev–Trinajstić information content (AvgIpc) is 3.79. The maximum atomic E-state index is 10.0. The molecule has 7 rings (SSSR count). The summed E-state index contributed by atoms with van der Waals surface area (Å²) in [5.74, 6) is 2.21. The molecule has 1 heterocycles. The fourth-order valence-electron chi connectivity index (χ4n) is 6.08. The maximum absolute atomic E-state index is 10.0. The number of nitrogens with one attached hydrogen (secondary N) is 2. The second-order valence-electron chi connectivity index (χ2n) is 17.1. The molecule has 0 aliphatic rings. The molecule has 0 spiro atoms. The fraction of sp³-hybridized carbons (Fsp3) is 0.333. The minimum atomic E-state index is -2.99. The molecule has 7 aromatic rings. The summed E-state index contributed by atoms with van der Waals surface area (Å²) in [5, 5.41) is 10.0. The minimum absolute atomic E-state index is 0. The SMILES string of the molecule is C.CCC(O)CNS(O)(O)c1ccc(C)cc1.CCc1ccc(C)cc1.CCc1ccc(C)cc1.CCc1cccc(C)c1.COc1ccc(C)cc1Cl.Cc1ccc(S(O)(O)NCc2ccc(C)o2)cc1. The molecular formula is C60H85ClN2O7S2.